The van der Waals surface area contributed by atoms with Gasteiger partial charge in [0.05, 0.1) is 6.10 Å². The Labute approximate surface area is 133 Å². The third-order valence-corrected chi connectivity index (χ3v) is 3.21. The zero-order valence-corrected chi connectivity index (χ0v) is 14.2. The molecule has 0 aromatic rings. The molecule has 6 heteroatoms. The highest BCUT2D eigenvalue weighted by atomic mass is 17.5. The Bertz CT molecular complexity index is 278. The lowest BCUT2D eigenvalue weighted by molar-refractivity contribution is -0.518. The summed E-state index contributed by atoms with van der Waals surface area (Å²) in [6.45, 7) is 5.40. The van der Waals surface area contributed by atoms with Crippen molar-refractivity contribution in [2.75, 3.05) is 6.61 Å². The van der Waals surface area contributed by atoms with Gasteiger partial charge in [0.25, 0.3) is 0 Å². The van der Waals surface area contributed by atoms with Gasteiger partial charge in [-0.25, -0.2) is 4.79 Å². The predicted octanol–water partition coefficient (Wildman–Crippen LogP) is 3.06. The Hall–Kier alpha value is -0.690. The first-order valence-corrected chi connectivity index (χ1v) is 8.21. The molecule has 0 aromatic heterocycles. The maximum atomic E-state index is 11.4. The molecule has 0 aromatic carbocycles. The Morgan fingerprint density at radius 2 is 1.59 bits per heavy atom. The van der Waals surface area contributed by atoms with Crippen LogP contribution in [0.2, 0.25) is 0 Å². The van der Waals surface area contributed by atoms with Gasteiger partial charge in [0, 0.05) is 19.4 Å². The molecule has 0 aliphatic carbocycles. The van der Waals surface area contributed by atoms with E-state index in [1.165, 1.54) is 0 Å². The third kappa shape index (κ3) is 14.3. The molecule has 6 nitrogen and oxygen atoms in total. The summed E-state index contributed by atoms with van der Waals surface area (Å²) in [4.78, 5) is 20.9. The van der Waals surface area contributed by atoms with Crippen LogP contribution in [0, 0.1) is 0 Å². The topological polar surface area (TPSA) is 85.2 Å². The predicted molar refractivity (Wildman–Crippen MR) is 82.7 cm³/mol. The number of hydrogen-bond acceptors (Lipinski definition) is 6. The van der Waals surface area contributed by atoms with Crippen molar-refractivity contribution in [3.8, 4) is 0 Å². The Morgan fingerprint density at radius 1 is 1.05 bits per heavy atom. The van der Waals surface area contributed by atoms with Gasteiger partial charge in [-0.2, -0.15) is 4.89 Å². The van der Waals surface area contributed by atoms with Crippen LogP contribution in [0.4, 0.5) is 0 Å². The van der Waals surface area contributed by atoms with Crippen molar-refractivity contribution in [1.29, 1.82) is 0 Å². The second-order valence-electron chi connectivity index (χ2n) is 6.37. The van der Waals surface area contributed by atoms with Crippen LogP contribution in [-0.2, 0) is 19.6 Å². The van der Waals surface area contributed by atoms with E-state index in [1.807, 2.05) is 0 Å². The lowest BCUT2D eigenvalue weighted by Gasteiger charge is -2.23. The van der Waals surface area contributed by atoms with E-state index < -0.39 is 17.7 Å². The van der Waals surface area contributed by atoms with Gasteiger partial charge in [-0.1, -0.05) is 32.1 Å². The fraction of sp³-hybridized carbons (Fsp3) is 0.938. The molecule has 2 N–H and O–H groups in total. The summed E-state index contributed by atoms with van der Waals surface area (Å²) >= 11 is 0. The highest BCUT2D eigenvalue weighted by Crippen LogP contribution is 2.17. The number of aliphatic hydroxyl groups excluding tert-OH is 2. The highest BCUT2D eigenvalue weighted by molar-refractivity contribution is 5.68. The second-order valence-corrected chi connectivity index (χ2v) is 6.37. The molecule has 0 fully saturated rings. The normalized spacial score (nSPS) is 13.1. The largest absolute Gasteiger partial charge is 0.396 e. The summed E-state index contributed by atoms with van der Waals surface area (Å²) in [5.41, 5.74) is -0.719. The molecule has 0 radical (unpaired) electrons. The fourth-order valence-corrected chi connectivity index (χ4v) is 2.20. The van der Waals surface area contributed by atoms with Crippen molar-refractivity contribution in [2.24, 2.45) is 0 Å². The molecular formula is C16H32O6. The standard InChI is InChI=1S/C16H32O6/c1-14(18)13-16(2,3)21-22-20-15(19)11-9-7-5-4-6-8-10-12-17/h14,17-18H,4-13H2,1-3H3. The lowest BCUT2D eigenvalue weighted by atomic mass is 10.0. The van der Waals surface area contributed by atoms with Gasteiger partial charge >= 0.3 is 5.97 Å². The van der Waals surface area contributed by atoms with Crippen LogP contribution in [0.25, 0.3) is 0 Å². The van der Waals surface area contributed by atoms with E-state index in [9.17, 15) is 9.90 Å². The Kier molecular flexibility index (Phi) is 12.4. The van der Waals surface area contributed by atoms with E-state index in [-0.39, 0.29) is 6.61 Å². The average molecular weight is 320 g/mol. The first-order chi connectivity index (χ1) is 10.4. The second kappa shape index (κ2) is 12.8. The zero-order chi connectivity index (χ0) is 16.8. The van der Waals surface area contributed by atoms with Crippen molar-refractivity contribution >= 4 is 5.97 Å². The smallest absolute Gasteiger partial charge is 0.345 e. The number of aliphatic hydroxyl groups is 2. The maximum absolute atomic E-state index is 11.4. The molecule has 132 valence electrons. The zero-order valence-electron chi connectivity index (χ0n) is 14.2. The van der Waals surface area contributed by atoms with Gasteiger partial charge in [0.2, 0.25) is 0 Å². The van der Waals surface area contributed by atoms with Crippen LogP contribution in [-0.4, -0.2) is 34.5 Å². The number of carbonyl (C=O) groups excluding carboxylic acids is 1. The molecule has 22 heavy (non-hydrogen) atoms. The van der Waals surface area contributed by atoms with Crippen molar-refractivity contribution in [3.05, 3.63) is 0 Å². The summed E-state index contributed by atoms with van der Waals surface area (Å²) in [7, 11) is 0. The van der Waals surface area contributed by atoms with Gasteiger partial charge < -0.3 is 10.2 Å². The Morgan fingerprint density at radius 3 is 2.14 bits per heavy atom. The molecular weight excluding hydrogens is 288 g/mol. The van der Waals surface area contributed by atoms with Gasteiger partial charge in [0.1, 0.15) is 5.60 Å². The number of carbonyl (C=O) groups is 1. The molecule has 0 saturated heterocycles. The summed E-state index contributed by atoms with van der Waals surface area (Å²) in [6.07, 6.45) is 7.16. The van der Waals surface area contributed by atoms with E-state index >= 15 is 0 Å². The van der Waals surface area contributed by atoms with Crippen molar-refractivity contribution in [1.82, 2.24) is 0 Å². The van der Waals surface area contributed by atoms with Gasteiger partial charge in [-0.3, -0.25) is 4.89 Å². The first kappa shape index (κ1) is 21.3. The average Bonchev–Trinajstić information content (AvgIpc) is 2.40. The van der Waals surface area contributed by atoms with E-state index in [0.717, 1.165) is 44.9 Å². The summed E-state index contributed by atoms with van der Waals surface area (Å²) in [6, 6.07) is 0. The molecule has 0 aliphatic rings. The number of unbranched alkanes of at least 4 members (excludes halogenated alkanes) is 6. The van der Waals surface area contributed by atoms with Crippen molar-refractivity contribution < 1.29 is 29.8 Å². The van der Waals surface area contributed by atoms with Crippen LogP contribution < -0.4 is 0 Å². The summed E-state index contributed by atoms with van der Waals surface area (Å²) in [5, 5.41) is 22.4. The fourth-order valence-electron chi connectivity index (χ4n) is 2.20. The maximum Gasteiger partial charge on any atom is 0.345 e. The minimum Gasteiger partial charge on any atom is -0.396 e. The molecule has 0 saturated carbocycles. The van der Waals surface area contributed by atoms with Crippen LogP contribution in [0.15, 0.2) is 0 Å². The van der Waals surface area contributed by atoms with E-state index in [2.05, 4.69) is 9.93 Å². The minimum absolute atomic E-state index is 0.266. The van der Waals surface area contributed by atoms with Crippen LogP contribution in [0.1, 0.15) is 78.6 Å². The molecule has 1 unspecified atom stereocenters. The van der Waals surface area contributed by atoms with E-state index in [4.69, 9.17) is 9.99 Å². The monoisotopic (exact) mass is 320 g/mol. The van der Waals surface area contributed by atoms with Crippen LogP contribution in [0.5, 0.6) is 0 Å². The van der Waals surface area contributed by atoms with Crippen LogP contribution >= 0.6 is 0 Å². The molecule has 0 rings (SSSR count). The third-order valence-electron chi connectivity index (χ3n) is 3.21. The summed E-state index contributed by atoms with van der Waals surface area (Å²) in [5.74, 6) is -0.451. The summed E-state index contributed by atoms with van der Waals surface area (Å²) < 4.78 is 0. The highest BCUT2D eigenvalue weighted by Gasteiger charge is 2.23. The molecule has 1 atom stereocenters. The molecule has 0 heterocycles. The molecule has 0 amide bonds. The lowest BCUT2D eigenvalue weighted by Crippen LogP contribution is -2.29. The SMILES string of the molecule is CC(O)CC(C)(C)OOOC(=O)CCCCCCCCCO. The number of rotatable bonds is 14. The van der Waals surface area contributed by atoms with E-state index in [1.54, 1.807) is 20.8 Å². The Balaban J connectivity index is 3.47. The molecule has 0 bridgehead atoms. The van der Waals surface area contributed by atoms with Gasteiger partial charge in [-0.15, -0.1) is 0 Å². The van der Waals surface area contributed by atoms with Gasteiger partial charge in [-0.05, 0) is 38.7 Å². The van der Waals surface area contributed by atoms with Gasteiger partial charge in [0.15, 0.2) is 0 Å². The van der Waals surface area contributed by atoms with Crippen molar-refractivity contribution in [3.63, 3.8) is 0 Å². The minimum atomic E-state index is -0.719. The van der Waals surface area contributed by atoms with E-state index in [0.29, 0.717) is 12.8 Å². The number of hydrogen-bond donors (Lipinski definition) is 2. The van der Waals surface area contributed by atoms with Crippen LogP contribution in [0.3, 0.4) is 0 Å². The molecule has 0 spiro atoms. The first-order valence-electron chi connectivity index (χ1n) is 8.21. The molecule has 0 aliphatic heterocycles. The van der Waals surface area contributed by atoms with Crippen molar-refractivity contribution in [2.45, 2.75) is 90.3 Å². The quantitative estimate of drug-likeness (QED) is 0.291.